The number of hydrogen-bond acceptors (Lipinski definition) is 4. The molecule has 1 atom stereocenters. The molecule has 4 heteroatoms. The van der Waals surface area contributed by atoms with Crippen LogP contribution in [0.4, 0.5) is 0 Å². The molecule has 2 aromatic carbocycles. The average Bonchev–Trinajstić information content (AvgIpc) is 2.61. The van der Waals surface area contributed by atoms with Crippen LogP contribution in [0.15, 0.2) is 60.7 Å². The Morgan fingerprint density at radius 3 is 2.21 bits per heavy atom. The first-order valence-corrected chi connectivity index (χ1v) is 8.15. The van der Waals surface area contributed by atoms with E-state index >= 15 is 0 Å². The monoisotopic (exact) mass is 326 g/mol. The van der Waals surface area contributed by atoms with Crippen LogP contribution in [0.25, 0.3) is 0 Å². The first-order chi connectivity index (χ1) is 11.7. The highest BCUT2D eigenvalue weighted by Gasteiger charge is 2.26. The summed E-state index contributed by atoms with van der Waals surface area (Å²) in [4.78, 5) is 24.5. The van der Waals surface area contributed by atoms with Crippen LogP contribution in [0.2, 0.25) is 0 Å². The number of rotatable bonds is 8. The quantitative estimate of drug-likeness (QED) is 0.546. The Morgan fingerprint density at radius 2 is 1.58 bits per heavy atom. The van der Waals surface area contributed by atoms with Gasteiger partial charge in [-0.15, -0.1) is 0 Å². The Labute approximate surface area is 142 Å². The van der Waals surface area contributed by atoms with E-state index in [1.165, 1.54) is 0 Å². The maximum Gasteiger partial charge on any atom is 0.352 e. The van der Waals surface area contributed by atoms with Gasteiger partial charge in [0, 0.05) is 5.56 Å². The van der Waals surface area contributed by atoms with E-state index in [0.717, 1.165) is 18.4 Å². The topological polar surface area (TPSA) is 52.6 Å². The highest BCUT2D eigenvalue weighted by Crippen LogP contribution is 2.20. The summed E-state index contributed by atoms with van der Waals surface area (Å²) in [5.41, 5.74) is 1.45. The maximum atomic E-state index is 12.3. The molecule has 0 fully saturated rings. The number of carbonyl (C=O) groups excluding carboxylic acids is 2. The molecule has 0 spiro atoms. The van der Waals surface area contributed by atoms with Gasteiger partial charge in [0.1, 0.15) is 0 Å². The lowest BCUT2D eigenvalue weighted by Crippen LogP contribution is -2.23. The lowest BCUT2D eigenvalue weighted by Gasteiger charge is -2.17. The van der Waals surface area contributed by atoms with Crippen molar-refractivity contribution < 1.29 is 19.1 Å². The number of ether oxygens (including phenoxy) is 2. The lowest BCUT2D eigenvalue weighted by molar-refractivity contribution is -0.168. The smallest absolute Gasteiger partial charge is 0.352 e. The number of carbonyl (C=O) groups is 2. The first kappa shape index (κ1) is 17.7. The van der Waals surface area contributed by atoms with Crippen LogP contribution in [0.3, 0.4) is 0 Å². The lowest BCUT2D eigenvalue weighted by atomic mass is 10.1. The molecule has 4 nitrogen and oxygen atoms in total. The summed E-state index contributed by atoms with van der Waals surface area (Å²) >= 11 is 0. The van der Waals surface area contributed by atoms with Gasteiger partial charge in [-0.3, -0.25) is 4.79 Å². The zero-order valence-electron chi connectivity index (χ0n) is 13.8. The van der Waals surface area contributed by atoms with Crippen molar-refractivity contribution in [1.82, 2.24) is 0 Å². The van der Waals surface area contributed by atoms with Gasteiger partial charge < -0.3 is 9.47 Å². The molecule has 0 aliphatic rings. The van der Waals surface area contributed by atoms with Crippen molar-refractivity contribution in [3.63, 3.8) is 0 Å². The minimum Gasteiger partial charge on any atom is -0.463 e. The van der Waals surface area contributed by atoms with Crippen LogP contribution in [-0.4, -0.2) is 18.5 Å². The Balaban J connectivity index is 2.05. The van der Waals surface area contributed by atoms with Crippen LogP contribution >= 0.6 is 0 Å². The molecular weight excluding hydrogens is 304 g/mol. The Kier molecular flexibility index (Phi) is 7.02. The molecule has 0 aliphatic carbocycles. The van der Waals surface area contributed by atoms with Crippen LogP contribution in [-0.2, 0) is 25.5 Å². The van der Waals surface area contributed by atoms with Gasteiger partial charge >= 0.3 is 11.9 Å². The van der Waals surface area contributed by atoms with E-state index in [2.05, 4.69) is 0 Å². The maximum absolute atomic E-state index is 12.3. The van der Waals surface area contributed by atoms with E-state index in [4.69, 9.17) is 9.47 Å². The van der Waals surface area contributed by atoms with E-state index in [-0.39, 0.29) is 6.42 Å². The standard InChI is InChI=1S/C20H22O4/c1-2-3-14-23-20(22)19(17-12-8-5-9-13-17)24-18(21)15-16-10-6-4-7-11-16/h4-13,19H,2-3,14-15H2,1H3. The third-order valence-electron chi connectivity index (χ3n) is 3.50. The van der Waals surface area contributed by atoms with E-state index < -0.39 is 18.0 Å². The van der Waals surface area contributed by atoms with Crippen LogP contribution < -0.4 is 0 Å². The van der Waals surface area contributed by atoms with Gasteiger partial charge in [0.25, 0.3) is 0 Å². The van der Waals surface area contributed by atoms with Gasteiger partial charge in [-0.25, -0.2) is 4.79 Å². The number of unbranched alkanes of at least 4 members (excludes halogenated alkanes) is 1. The van der Waals surface area contributed by atoms with E-state index in [0.29, 0.717) is 12.2 Å². The first-order valence-electron chi connectivity index (χ1n) is 8.15. The molecule has 0 radical (unpaired) electrons. The second kappa shape index (κ2) is 9.50. The van der Waals surface area contributed by atoms with E-state index in [9.17, 15) is 9.59 Å². The van der Waals surface area contributed by atoms with Gasteiger partial charge in [-0.05, 0) is 12.0 Å². The molecule has 0 aromatic heterocycles. The highest BCUT2D eigenvalue weighted by atomic mass is 16.6. The molecule has 2 aromatic rings. The van der Waals surface area contributed by atoms with Crippen molar-refractivity contribution in [2.24, 2.45) is 0 Å². The van der Waals surface area contributed by atoms with Crippen molar-refractivity contribution in [3.8, 4) is 0 Å². The van der Waals surface area contributed by atoms with E-state index in [1.807, 2.05) is 43.3 Å². The molecule has 0 bridgehead atoms. The summed E-state index contributed by atoms with van der Waals surface area (Å²) < 4.78 is 10.7. The van der Waals surface area contributed by atoms with Crippen LogP contribution in [0.5, 0.6) is 0 Å². The molecule has 2 rings (SSSR count). The molecule has 0 amide bonds. The average molecular weight is 326 g/mol. The van der Waals surface area contributed by atoms with Crippen LogP contribution in [0.1, 0.15) is 37.0 Å². The molecule has 0 saturated carbocycles. The molecule has 1 unspecified atom stereocenters. The third-order valence-corrected chi connectivity index (χ3v) is 3.50. The predicted octanol–water partition coefficient (Wildman–Crippen LogP) is 3.86. The number of hydrogen-bond donors (Lipinski definition) is 0. The molecule has 0 aliphatic heterocycles. The summed E-state index contributed by atoms with van der Waals surface area (Å²) in [5, 5.41) is 0. The summed E-state index contributed by atoms with van der Waals surface area (Å²) in [5.74, 6) is -0.987. The zero-order chi connectivity index (χ0) is 17.2. The summed E-state index contributed by atoms with van der Waals surface area (Å²) in [6, 6.07) is 18.2. The summed E-state index contributed by atoms with van der Waals surface area (Å²) in [7, 11) is 0. The van der Waals surface area contributed by atoms with Gasteiger partial charge in [0.15, 0.2) is 0 Å². The van der Waals surface area contributed by atoms with Crippen molar-refractivity contribution >= 4 is 11.9 Å². The SMILES string of the molecule is CCCCOC(=O)C(OC(=O)Cc1ccccc1)c1ccccc1. The minimum atomic E-state index is -1.03. The van der Waals surface area contributed by atoms with Crippen molar-refractivity contribution in [3.05, 3.63) is 71.8 Å². The van der Waals surface area contributed by atoms with Gasteiger partial charge in [-0.2, -0.15) is 0 Å². The molecule has 24 heavy (non-hydrogen) atoms. The van der Waals surface area contributed by atoms with Crippen molar-refractivity contribution in [2.45, 2.75) is 32.3 Å². The fraction of sp³-hybridized carbons (Fsp3) is 0.300. The molecular formula is C20H22O4. The Hall–Kier alpha value is -2.62. The minimum absolute atomic E-state index is 0.117. The van der Waals surface area contributed by atoms with Crippen molar-refractivity contribution in [2.75, 3.05) is 6.61 Å². The van der Waals surface area contributed by atoms with Gasteiger partial charge in [0.2, 0.25) is 6.10 Å². The molecule has 0 N–H and O–H groups in total. The van der Waals surface area contributed by atoms with E-state index in [1.54, 1.807) is 24.3 Å². The largest absolute Gasteiger partial charge is 0.463 e. The second-order valence-electron chi connectivity index (χ2n) is 5.46. The fourth-order valence-corrected chi connectivity index (χ4v) is 2.21. The third kappa shape index (κ3) is 5.54. The summed E-state index contributed by atoms with van der Waals surface area (Å²) in [6.07, 6.45) is 0.800. The molecule has 126 valence electrons. The second-order valence-corrected chi connectivity index (χ2v) is 5.46. The summed E-state index contributed by atoms with van der Waals surface area (Å²) in [6.45, 7) is 2.34. The highest BCUT2D eigenvalue weighted by molar-refractivity contribution is 5.81. The van der Waals surface area contributed by atoms with Crippen molar-refractivity contribution in [1.29, 1.82) is 0 Å². The van der Waals surface area contributed by atoms with Gasteiger partial charge in [-0.1, -0.05) is 74.0 Å². The number of benzene rings is 2. The fourth-order valence-electron chi connectivity index (χ4n) is 2.21. The Morgan fingerprint density at radius 1 is 0.958 bits per heavy atom. The predicted molar refractivity (Wildman–Crippen MR) is 91.3 cm³/mol. The number of esters is 2. The zero-order valence-corrected chi connectivity index (χ0v) is 13.8. The Bertz CT molecular complexity index is 637. The van der Waals surface area contributed by atoms with Gasteiger partial charge in [0.05, 0.1) is 13.0 Å². The van der Waals surface area contributed by atoms with Crippen LogP contribution in [0, 0.1) is 0 Å². The molecule has 0 heterocycles. The molecule has 0 saturated heterocycles. The normalized spacial score (nSPS) is 11.5.